The Labute approximate surface area is 502 Å². The Morgan fingerprint density at radius 3 is 1.84 bits per heavy atom. The van der Waals surface area contributed by atoms with Crippen LogP contribution in [0.4, 0.5) is 0 Å². The Kier molecular flexibility index (Phi) is 25.9. The van der Waals surface area contributed by atoms with Crippen molar-refractivity contribution in [3.05, 3.63) is 118 Å². The maximum atomic E-state index is 14.9. The van der Waals surface area contributed by atoms with E-state index in [-0.39, 0.29) is 108 Å². The van der Waals surface area contributed by atoms with E-state index in [1.807, 2.05) is 6.07 Å². The largest absolute Gasteiger partial charge is 0.480 e. The molecule has 28 nitrogen and oxygen atoms in total. The first kappa shape index (κ1) is 68.2. The summed E-state index contributed by atoms with van der Waals surface area (Å²) < 4.78 is 5.63. The monoisotopic (exact) mass is 1220 g/mol. The molecule has 466 valence electrons. The first-order chi connectivity index (χ1) is 40.6. The number of ketones is 1. The minimum absolute atomic E-state index is 0. The lowest BCUT2D eigenvalue weighted by Crippen LogP contribution is -2.63. The van der Waals surface area contributed by atoms with Gasteiger partial charge in [-0.2, -0.15) is 0 Å². The molecule has 3 saturated heterocycles. The summed E-state index contributed by atoms with van der Waals surface area (Å²) in [4.78, 5) is 159. The number of likely N-dealkylation sites (tertiary alicyclic amines) is 3. The molecule has 3 aromatic carbocycles. The number of halogens is 1. The summed E-state index contributed by atoms with van der Waals surface area (Å²) in [5.41, 5.74) is 29.9. The van der Waals surface area contributed by atoms with Crippen molar-refractivity contribution in [2.24, 2.45) is 33.7 Å². The second-order valence-corrected chi connectivity index (χ2v) is 21.3. The van der Waals surface area contributed by atoms with Crippen LogP contribution in [0.2, 0.25) is 0 Å². The molecule has 1 unspecified atom stereocenters. The highest BCUT2D eigenvalue weighted by Crippen LogP contribution is 2.30. The Balaban J connectivity index is 0.0000135. The van der Waals surface area contributed by atoms with Gasteiger partial charge < -0.3 is 69.2 Å². The first-order valence-corrected chi connectivity index (χ1v) is 28.2. The van der Waals surface area contributed by atoms with Gasteiger partial charge in [-0.25, -0.2) is 14.9 Å². The van der Waals surface area contributed by atoms with Crippen LogP contribution in [0.15, 0.2) is 96.0 Å². The van der Waals surface area contributed by atoms with Gasteiger partial charge >= 0.3 is 17.8 Å². The molecule has 8 atom stereocenters. The number of hydrogen-bond donors (Lipinski definition) is 9. The second kappa shape index (κ2) is 32.6. The molecule has 0 aromatic heterocycles. The molecule has 3 fully saturated rings. The number of carbonyl (C=O) groups excluding carboxylic acids is 9. The summed E-state index contributed by atoms with van der Waals surface area (Å²) in [6.07, 6.45) is -0.242. The van der Waals surface area contributed by atoms with Crippen LogP contribution >= 0.6 is 12.4 Å². The number of benzene rings is 3. The minimum Gasteiger partial charge on any atom is -0.480 e. The topological polar surface area (TPSA) is 435 Å². The lowest BCUT2D eigenvalue weighted by molar-refractivity contribution is -0.640. The van der Waals surface area contributed by atoms with Crippen LogP contribution in [0, 0.1) is 10.1 Å². The number of esters is 1. The van der Waals surface area contributed by atoms with Gasteiger partial charge in [0.2, 0.25) is 29.5 Å². The number of nitro groups is 1. The van der Waals surface area contributed by atoms with Crippen LogP contribution in [0.5, 0.6) is 0 Å². The van der Waals surface area contributed by atoms with Gasteiger partial charge in [0.25, 0.3) is 5.91 Å². The van der Waals surface area contributed by atoms with Gasteiger partial charge in [0.05, 0.1) is 18.6 Å². The molecule has 6 rings (SSSR count). The molecule has 3 aromatic rings. The van der Waals surface area contributed by atoms with E-state index in [1.165, 1.54) is 9.80 Å². The van der Waals surface area contributed by atoms with Gasteiger partial charge in [-0.3, -0.25) is 48.1 Å². The fraction of sp³-hybridized carbons (Fsp3) is 0.491. The number of carboxylic acids is 1. The Morgan fingerprint density at radius 1 is 0.709 bits per heavy atom. The van der Waals surface area contributed by atoms with E-state index >= 15 is 0 Å². The second-order valence-electron chi connectivity index (χ2n) is 21.3. The van der Waals surface area contributed by atoms with Gasteiger partial charge in [0.15, 0.2) is 28.4 Å². The number of Topliss-reactive ketones (excluding diaryl/α,β-unsaturated/α-hetero) is 1. The quantitative estimate of drug-likeness (QED) is 0.00731. The number of nitrogens with zero attached hydrogens (tertiary/aromatic N) is 6. The number of rotatable bonds is 30. The molecular weight excluding hydrogens is 1140 g/mol. The molecule has 3 aliphatic heterocycles. The van der Waals surface area contributed by atoms with E-state index in [4.69, 9.17) is 38.5 Å². The number of nitrogens with one attached hydrogen (secondary N) is 3. The summed E-state index contributed by atoms with van der Waals surface area (Å²) in [5, 5.41) is 28.8. The third kappa shape index (κ3) is 18.5. The minimum atomic E-state index is -2.52. The average Bonchev–Trinajstić information content (AvgIpc) is 2.81. The third-order valence-electron chi connectivity index (χ3n) is 15.2. The number of guanidine groups is 1. The molecular formula is C57H77ClN14O14. The normalized spacial score (nSPS) is 18.4. The average molecular weight is 1220 g/mol. The van der Waals surface area contributed by atoms with Gasteiger partial charge in [-0.05, 0) is 98.7 Å². The Hall–Kier alpha value is -8.60. The molecule has 86 heavy (non-hydrogen) atoms. The van der Waals surface area contributed by atoms with Crippen molar-refractivity contribution >= 4 is 77.4 Å². The van der Waals surface area contributed by atoms with Gasteiger partial charge in [-0.1, -0.05) is 91.0 Å². The van der Waals surface area contributed by atoms with Gasteiger partial charge in [-0.15, -0.1) is 12.4 Å². The van der Waals surface area contributed by atoms with E-state index in [9.17, 15) is 58.1 Å². The zero-order valence-electron chi connectivity index (χ0n) is 47.6. The summed E-state index contributed by atoms with van der Waals surface area (Å²) >= 11 is 0. The van der Waals surface area contributed by atoms with E-state index in [1.54, 1.807) is 84.9 Å². The van der Waals surface area contributed by atoms with Crippen LogP contribution in [-0.2, 0) is 72.1 Å². The smallest absolute Gasteiger partial charge is 0.336 e. The molecule has 0 spiro atoms. The van der Waals surface area contributed by atoms with E-state index in [0.29, 0.717) is 30.4 Å². The zero-order valence-corrected chi connectivity index (χ0v) is 48.4. The van der Waals surface area contributed by atoms with Crippen molar-refractivity contribution in [2.45, 2.75) is 138 Å². The summed E-state index contributed by atoms with van der Waals surface area (Å²) in [6, 6.07) is 16.1. The lowest BCUT2D eigenvalue weighted by atomic mass is 9.88. The standard InChI is InChI=1S/C57H76N14O14.ClH/c58-39(21-10-26-57(62,55(82)85-35-38-19-8-3-9-20-38)54(81)69-30-14-25-45(69)53(80)68-29-13-23-43(68)50(77)65-34-47(73)74)48(75)42(22-11-27-63-56(60)61)70(71(83)84)52(79)41(32-37-17-6-2-7-18-37)66-51(78)44-24-12-28-67(44)46(72)33-64-49(76)40(59)31-36-15-4-1-5-16-36;/h1-9,15-20,39-45H,10-14,21-35,58-59,62H2,(H,64,76)(H,65,77)(H,66,78)(H,73,74)(H4,60,61,63);1H/t39?,40-,41-,42-,43-,44-,45-,57-;/m0./s1. The number of carbonyl (C=O) groups is 10. The number of ether oxygens (including phenoxy) is 1. The van der Waals surface area contributed by atoms with Crippen molar-refractivity contribution in [1.82, 2.24) is 35.7 Å². The van der Waals surface area contributed by atoms with Gasteiger partial charge in [0.1, 0.15) is 37.3 Å². The first-order valence-electron chi connectivity index (χ1n) is 28.2. The maximum absolute atomic E-state index is 14.9. The SMILES string of the molecule is Cl.NC(N)=NCCC[C@@H](C(=O)C(N)CCC[C@@](N)(C(=O)OCc1ccccc1)C(=O)N1CCC[C@H]1C(=O)N1CCC[C@H]1C(=O)NCC(=O)O)N(C(=O)[C@H](Cc1ccccc1)NC(=O)[C@@H]1CCCN1C(=O)CNC(=O)[C@@H](N)Cc1ccccc1)[N+](=O)[O-]. The van der Waals surface area contributed by atoms with Crippen molar-refractivity contribution in [2.75, 3.05) is 39.3 Å². The summed E-state index contributed by atoms with van der Waals surface area (Å²) in [6.45, 7) is -1.41. The molecule has 3 aliphatic rings. The maximum Gasteiger partial charge on any atom is 0.336 e. The molecule has 0 bridgehead atoms. The summed E-state index contributed by atoms with van der Waals surface area (Å²) in [7, 11) is 0. The number of amides is 7. The molecule has 3 heterocycles. The van der Waals surface area contributed by atoms with Crippen molar-refractivity contribution in [3.8, 4) is 0 Å². The van der Waals surface area contributed by atoms with Crippen molar-refractivity contribution in [3.63, 3.8) is 0 Å². The van der Waals surface area contributed by atoms with Crippen molar-refractivity contribution < 1.29 is 62.8 Å². The highest BCUT2D eigenvalue weighted by molar-refractivity contribution is 6.08. The fourth-order valence-corrected chi connectivity index (χ4v) is 10.8. The molecule has 29 heteroatoms. The predicted octanol–water partition coefficient (Wildman–Crippen LogP) is -1.05. The fourth-order valence-electron chi connectivity index (χ4n) is 10.8. The number of aliphatic imine (C=N–C) groups is 1. The van der Waals surface area contributed by atoms with E-state index in [0.717, 1.165) is 10.5 Å². The van der Waals surface area contributed by atoms with Crippen molar-refractivity contribution in [1.29, 1.82) is 0 Å². The molecule has 7 amide bonds. The molecule has 0 aliphatic carbocycles. The molecule has 0 saturated carbocycles. The molecule has 0 radical (unpaired) electrons. The van der Waals surface area contributed by atoms with Gasteiger partial charge in [0, 0.05) is 32.6 Å². The number of carboxylic acid groups (broad SMARTS) is 1. The van der Waals surface area contributed by atoms with Crippen LogP contribution in [0.25, 0.3) is 0 Å². The third-order valence-corrected chi connectivity index (χ3v) is 15.2. The Bertz CT molecular complexity index is 2910. The number of aliphatic carboxylic acids is 1. The number of hydrazine groups is 1. The predicted molar refractivity (Wildman–Crippen MR) is 313 cm³/mol. The van der Waals surface area contributed by atoms with E-state index < -0.39 is 138 Å². The van der Waals surface area contributed by atoms with E-state index in [2.05, 4.69) is 20.9 Å². The number of hydrogen-bond acceptors (Lipinski definition) is 17. The highest BCUT2D eigenvalue weighted by atomic mass is 35.5. The molecule has 14 N–H and O–H groups in total. The van der Waals surface area contributed by atoms with Crippen LogP contribution in [0.1, 0.15) is 87.3 Å². The lowest BCUT2D eigenvalue weighted by Gasteiger charge is -2.35. The van der Waals surface area contributed by atoms with Crippen LogP contribution in [-0.4, -0.2) is 182 Å². The summed E-state index contributed by atoms with van der Waals surface area (Å²) in [5.74, 6) is -9.51. The highest BCUT2D eigenvalue weighted by Gasteiger charge is 2.52. The van der Waals surface area contributed by atoms with Crippen LogP contribution in [0.3, 0.4) is 0 Å². The Morgan fingerprint density at radius 2 is 1.26 bits per heavy atom. The van der Waals surface area contributed by atoms with Crippen LogP contribution < -0.4 is 44.6 Å². The number of nitrogens with two attached hydrogens (primary N) is 5. The zero-order chi connectivity index (χ0) is 61.8.